The third-order valence-corrected chi connectivity index (χ3v) is 5.73. The van der Waals surface area contributed by atoms with Crippen LogP contribution in [0.25, 0.3) is 0 Å². The van der Waals surface area contributed by atoms with E-state index in [1.54, 1.807) is 12.1 Å². The maximum absolute atomic E-state index is 12.2. The number of aliphatic hydroxyl groups excluding tert-OH is 1. The minimum absolute atomic E-state index is 0.00641. The summed E-state index contributed by atoms with van der Waals surface area (Å²) in [5.74, 6) is 0. The molecule has 2 N–H and O–H groups in total. The predicted molar refractivity (Wildman–Crippen MR) is 72.6 cm³/mol. The number of sulfonamides is 1. The molecule has 0 bridgehead atoms. The highest BCUT2D eigenvalue weighted by molar-refractivity contribution is 9.10. The molecule has 4 nitrogen and oxygen atoms in total. The van der Waals surface area contributed by atoms with Gasteiger partial charge < -0.3 is 5.11 Å². The van der Waals surface area contributed by atoms with Crippen LogP contribution in [0.15, 0.2) is 27.6 Å². The van der Waals surface area contributed by atoms with Crippen molar-refractivity contribution >= 4 is 26.0 Å². The second-order valence-corrected chi connectivity index (χ2v) is 7.83. The number of halogens is 1. The molecule has 18 heavy (non-hydrogen) atoms. The van der Waals surface area contributed by atoms with Crippen molar-refractivity contribution < 1.29 is 13.5 Å². The summed E-state index contributed by atoms with van der Waals surface area (Å²) in [6.45, 7) is 3.95. The zero-order chi connectivity index (χ0) is 13.6. The first-order valence-electron chi connectivity index (χ1n) is 5.68. The Balaban J connectivity index is 2.25. The fourth-order valence-electron chi connectivity index (χ4n) is 1.78. The molecule has 0 aliphatic heterocycles. The fourth-order valence-corrected chi connectivity index (χ4v) is 4.31. The highest BCUT2D eigenvalue weighted by atomic mass is 79.9. The zero-order valence-electron chi connectivity index (χ0n) is 10.3. The molecule has 0 saturated heterocycles. The van der Waals surface area contributed by atoms with E-state index in [4.69, 9.17) is 5.11 Å². The molecule has 1 aliphatic carbocycles. The van der Waals surface area contributed by atoms with Crippen LogP contribution in [0.2, 0.25) is 0 Å². The van der Waals surface area contributed by atoms with E-state index in [9.17, 15) is 8.42 Å². The lowest BCUT2D eigenvalue weighted by molar-refractivity contribution is 0.281. The smallest absolute Gasteiger partial charge is 0.241 e. The molecule has 0 spiro atoms. The normalized spacial score (nSPS) is 21.9. The Hall–Kier alpha value is -0.430. The van der Waals surface area contributed by atoms with Crippen molar-refractivity contribution in [3.63, 3.8) is 0 Å². The molecular formula is C12H16BrNO3S. The Bertz CT molecular complexity index is 569. The van der Waals surface area contributed by atoms with Crippen LogP contribution in [0, 0.1) is 5.41 Å². The lowest BCUT2D eigenvalue weighted by atomic mass is 10.2. The van der Waals surface area contributed by atoms with Gasteiger partial charge in [0.15, 0.2) is 0 Å². The molecule has 1 saturated carbocycles. The molecule has 0 amide bonds. The van der Waals surface area contributed by atoms with Gasteiger partial charge in [0.25, 0.3) is 0 Å². The number of benzene rings is 1. The molecule has 2 rings (SSSR count). The molecule has 6 heteroatoms. The summed E-state index contributed by atoms with van der Waals surface area (Å²) in [6, 6.07) is 4.74. The molecule has 0 radical (unpaired) electrons. The van der Waals surface area contributed by atoms with E-state index >= 15 is 0 Å². The van der Waals surface area contributed by atoms with Crippen LogP contribution in [0.5, 0.6) is 0 Å². The molecule has 1 atom stereocenters. The van der Waals surface area contributed by atoms with E-state index < -0.39 is 10.0 Å². The van der Waals surface area contributed by atoms with Gasteiger partial charge in [-0.15, -0.1) is 0 Å². The van der Waals surface area contributed by atoms with Gasteiger partial charge in [0.1, 0.15) is 0 Å². The van der Waals surface area contributed by atoms with Crippen molar-refractivity contribution in [3.8, 4) is 0 Å². The van der Waals surface area contributed by atoms with Gasteiger partial charge >= 0.3 is 0 Å². The van der Waals surface area contributed by atoms with Gasteiger partial charge in [0.2, 0.25) is 10.0 Å². The van der Waals surface area contributed by atoms with Gasteiger partial charge in [-0.1, -0.05) is 19.9 Å². The number of hydrogen-bond donors (Lipinski definition) is 2. The topological polar surface area (TPSA) is 66.4 Å². The predicted octanol–water partition coefficient (Wildman–Crippen LogP) is 2.02. The molecule has 1 aromatic carbocycles. The van der Waals surface area contributed by atoms with E-state index in [0.717, 1.165) is 6.42 Å². The Kier molecular flexibility index (Phi) is 3.57. The minimum Gasteiger partial charge on any atom is -0.392 e. The molecule has 100 valence electrons. The largest absolute Gasteiger partial charge is 0.392 e. The van der Waals surface area contributed by atoms with Gasteiger partial charge in [-0.05, 0) is 45.5 Å². The standard InChI is InChI=1S/C12H16BrNO3S/c1-12(2)6-11(12)14-18(16,17)10-4-3-8(7-15)5-9(10)13/h3-5,11,14-15H,6-7H2,1-2H3. The molecule has 0 heterocycles. The second kappa shape index (κ2) is 4.59. The summed E-state index contributed by atoms with van der Waals surface area (Å²) < 4.78 is 27.5. The van der Waals surface area contributed by atoms with Gasteiger partial charge in [-0.2, -0.15) is 0 Å². The maximum Gasteiger partial charge on any atom is 0.241 e. The van der Waals surface area contributed by atoms with Crippen LogP contribution >= 0.6 is 15.9 Å². The van der Waals surface area contributed by atoms with Crippen LogP contribution in [-0.4, -0.2) is 19.6 Å². The zero-order valence-corrected chi connectivity index (χ0v) is 12.7. The number of nitrogens with one attached hydrogen (secondary N) is 1. The van der Waals surface area contributed by atoms with Crippen LogP contribution in [0.3, 0.4) is 0 Å². The lowest BCUT2D eigenvalue weighted by Gasteiger charge is -2.10. The molecular weight excluding hydrogens is 318 g/mol. The summed E-state index contributed by atoms with van der Waals surface area (Å²) in [4.78, 5) is 0.211. The quantitative estimate of drug-likeness (QED) is 0.885. The van der Waals surface area contributed by atoms with Gasteiger partial charge in [-0.3, -0.25) is 0 Å². The highest BCUT2D eigenvalue weighted by Crippen LogP contribution is 2.45. The Labute approximate surface area is 116 Å². The lowest BCUT2D eigenvalue weighted by Crippen LogP contribution is -2.28. The Morgan fingerprint density at radius 1 is 1.50 bits per heavy atom. The minimum atomic E-state index is -3.50. The van der Waals surface area contributed by atoms with Gasteiger partial charge in [-0.25, -0.2) is 13.1 Å². The van der Waals surface area contributed by atoms with Crippen molar-refractivity contribution in [2.24, 2.45) is 5.41 Å². The van der Waals surface area contributed by atoms with Crippen LogP contribution < -0.4 is 4.72 Å². The average molecular weight is 334 g/mol. The monoisotopic (exact) mass is 333 g/mol. The molecule has 1 aliphatic rings. The molecule has 1 unspecified atom stereocenters. The SMILES string of the molecule is CC1(C)CC1NS(=O)(=O)c1ccc(CO)cc1Br. The van der Waals surface area contributed by atoms with Crippen molar-refractivity contribution in [2.75, 3.05) is 0 Å². The summed E-state index contributed by atoms with van der Waals surface area (Å²) in [5.41, 5.74) is 0.720. The number of rotatable bonds is 4. The van der Waals surface area contributed by atoms with E-state index in [1.165, 1.54) is 6.07 Å². The fraction of sp³-hybridized carbons (Fsp3) is 0.500. The van der Waals surface area contributed by atoms with E-state index in [0.29, 0.717) is 10.0 Å². The third-order valence-electron chi connectivity index (χ3n) is 3.28. The van der Waals surface area contributed by atoms with Gasteiger partial charge in [0, 0.05) is 10.5 Å². The summed E-state index contributed by atoms with van der Waals surface area (Å²) in [6.07, 6.45) is 0.860. The highest BCUT2D eigenvalue weighted by Gasteiger charge is 2.48. The van der Waals surface area contributed by atoms with E-state index in [-0.39, 0.29) is 23.0 Å². The first kappa shape index (κ1) is 14.0. The number of aliphatic hydroxyl groups is 1. The third kappa shape index (κ3) is 2.77. The molecule has 1 aromatic rings. The molecule has 1 fully saturated rings. The second-order valence-electron chi connectivity index (χ2n) is 5.29. The molecule has 0 aromatic heterocycles. The first-order valence-corrected chi connectivity index (χ1v) is 7.95. The van der Waals surface area contributed by atoms with Gasteiger partial charge in [0.05, 0.1) is 11.5 Å². The van der Waals surface area contributed by atoms with Crippen LogP contribution in [0.4, 0.5) is 0 Å². The number of hydrogen-bond acceptors (Lipinski definition) is 3. The summed E-state index contributed by atoms with van der Waals surface area (Å²) in [5, 5.41) is 8.99. The van der Waals surface area contributed by atoms with Crippen molar-refractivity contribution in [1.29, 1.82) is 0 Å². The van der Waals surface area contributed by atoms with Crippen molar-refractivity contribution in [3.05, 3.63) is 28.2 Å². The van der Waals surface area contributed by atoms with Crippen molar-refractivity contribution in [1.82, 2.24) is 4.72 Å². The van der Waals surface area contributed by atoms with Crippen molar-refractivity contribution in [2.45, 2.75) is 37.8 Å². The first-order chi connectivity index (χ1) is 8.26. The van der Waals surface area contributed by atoms with Crippen LogP contribution in [-0.2, 0) is 16.6 Å². The van der Waals surface area contributed by atoms with Crippen LogP contribution in [0.1, 0.15) is 25.8 Å². The Morgan fingerprint density at radius 3 is 2.56 bits per heavy atom. The maximum atomic E-state index is 12.2. The average Bonchev–Trinajstić information content (AvgIpc) is 2.84. The van der Waals surface area contributed by atoms with E-state index in [1.807, 2.05) is 13.8 Å². The van der Waals surface area contributed by atoms with E-state index in [2.05, 4.69) is 20.7 Å². The Morgan fingerprint density at radius 2 is 2.11 bits per heavy atom. The summed E-state index contributed by atoms with van der Waals surface area (Å²) in [7, 11) is -3.50. The summed E-state index contributed by atoms with van der Waals surface area (Å²) >= 11 is 3.23.